The van der Waals surface area contributed by atoms with E-state index >= 15 is 0 Å². The highest BCUT2D eigenvalue weighted by atomic mass is 16.5. The zero-order valence-corrected chi connectivity index (χ0v) is 9.30. The second-order valence-corrected chi connectivity index (χ2v) is 3.45. The van der Waals surface area contributed by atoms with Crippen molar-refractivity contribution in [3.63, 3.8) is 0 Å². The number of nitriles is 1. The van der Waals surface area contributed by atoms with E-state index in [9.17, 15) is 0 Å². The van der Waals surface area contributed by atoms with Crippen molar-refractivity contribution < 1.29 is 4.74 Å². The van der Waals surface area contributed by atoms with Crippen LogP contribution >= 0.6 is 0 Å². The van der Waals surface area contributed by atoms with Gasteiger partial charge in [0.15, 0.2) is 5.75 Å². The Kier molecular flexibility index (Phi) is 2.37. The minimum Gasteiger partial charge on any atom is -0.435 e. The van der Waals surface area contributed by atoms with Gasteiger partial charge in [-0.25, -0.2) is 4.68 Å². The van der Waals surface area contributed by atoms with Gasteiger partial charge in [0.1, 0.15) is 11.6 Å². The molecule has 0 saturated carbocycles. The molecule has 0 aliphatic rings. The lowest BCUT2D eigenvalue weighted by molar-refractivity contribution is 0.429. The first-order chi connectivity index (χ1) is 7.61. The molecule has 6 heteroatoms. The molecule has 2 heterocycles. The summed E-state index contributed by atoms with van der Waals surface area (Å²) in [6.45, 7) is 1.77. The highest BCUT2D eigenvalue weighted by molar-refractivity contribution is 5.43. The standard InChI is InChI=1S/C10H11N5O/c1-7-9(4-11)10(15(3)13-7)16-8-5-12-14(2)6-8/h5-6H,1-3H3. The van der Waals surface area contributed by atoms with Gasteiger partial charge in [0.2, 0.25) is 5.88 Å². The topological polar surface area (TPSA) is 68.7 Å². The maximum atomic E-state index is 8.99. The predicted molar refractivity (Wildman–Crippen MR) is 55.9 cm³/mol. The maximum absolute atomic E-state index is 8.99. The van der Waals surface area contributed by atoms with E-state index in [0.717, 1.165) is 0 Å². The summed E-state index contributed by atoms with van der Waals surface area (Å²) in [5.41, 5.74) is 1.11. The van der Waals surface area contributed by atoms with Crippen molar-refractivity contribution in [2.24, 2.45) is 14.1 Å². The van der Waals surface area contributed by atoms with Crippen molar-refractivity contribution in [1.82, 2.24) is 19.6 Å². The number of nitrogens with zero attached hydrogens (tertiary/aromatic N) is 5. The molecule has 6 nitrogen and oxygen atoms in total. The molecule has 2 aromatic rings. The molecule has 0 spiro atoms. The number of aryl methyl sites for hydroxylation is 3. The van der Waals surface area contributed by atoms with Crippen molar-refractivity contribution in [3.8, 4) is 17.7 Å². The van der Waals surface area contributed by atoms with Crippen LogP contribution in [0.4, 0.5) is 0 Å². The Morgan fingerprint density at radius 1 is 1.44 bits per heavy atom. The number of hydrogen-bond donors (Lipinski definition) is 0. The molecule has 0 bridgehead atoms. The third-order valence-corrected chi connectivity index (χ3v) is 2.18. The zero-order valence-electron chi connectivity index (χ0n) is 9.30. The van der Waals surface area contributed by atoms with Gasteiger partial charge in [-0.05, 0) is 6.92 Å². The number of ether oxygens (including phenoxy) is 1. The number of aromatic nitrogens is 4. The van der Waals surface area contributed by atoms with Crippen LogP contribution < -0.4 is 4.74 Å². The molecule has 0 fully saturated rings. The van der Waals surface area contributed by atoms with E-state index in [0.29, 0.717) is 22.9 Å². The minimum absolute atomic E-state index is 0.438. The molecule has 0 atom stereocenters. The summed E-state index contributed by atoms with van der Waals surface area (Å²) < 4.78 is 8.74. The maximum Gasteiger partial charge on any atom is 0.236 e. The second kappa shape index (κ2) is 3.70. The fourth-order valence-corrected chi connectivity index (χ4v) is 1.45. The van der Waals surface area contributed by atoms with E-state index in [2.05, 4.69) is 16.3 Å². The van der Waals surface area contributed by atoms with Gasteiger partial charge in [-0.1, -0.05) is 0 Å². The van der Waals surface area contributed by atoms with Gasteiger partial charge < -0.3 is 4.74 Å². The van der Waals surface area contributed by atoms with Crippen molar-refractivity contribution in [3.05, 3.63) is 23.7 Å². The first-order valence-corrected chi connectivity index (χ1v) is 4.72. The molecular weight excluding hydrogens is 206 g/mol. The summed E-state index contributed by atoms with van der Waals surface area (Å²) >= 11 is 0. The first-order valence-electron chi connectivity index (χ1n) is 4.72. The largest absolute Gasteiger partial charge is 0.435 e. The van der Waals surface area contributed by atoms with Crippen LogP contribution in [-0.2, 0) is 14.1 Å². The molecule has 0 radical (unpaired) electrons. The molecule has 0 amide bonds. The van der Waals surface area contributed by atoms with Crippen LogP contribution in [0, 0.1) is 18.3 Å². The quantitative estimate of drug-likeness (QED) is 0.756. The molecular formula is C10H11N5O. The van der Waals surface area contributed by atoms with Crippen molar-refractivity contribution in [1.29, 1.82) is 5.26 Å². The highest BCUT2D eigenvalue weighted by Crippen LogP contribution is 2.25. The summed E-state index contributed by atoms with van der Waals surface area (Å²) in [6.07, 6.45) is 3.31. The average molecular weight is 217 g/mol. The summed E-state index contributed by atoms with van der Waals surface area (Å²) in [6, 6.07) is 2.08. The van der Waals surface area contributed by atoms with Crippen LogP contribution in [0.25, 0.3) is 0 Å². The average Bonchev–Trinajstić information content (AvgIpc) is 2.73. The van der Waals surface area contributed by atoms with E-state index in [4.69, 9.17) is 10.00 Å². The smallest absolute Gasteiger partial charge is 0.236 e. The van der Waals surface area contributed by atoms with Crippen molar-refractivity contribution in [2.45, 2.75) is 6.92 Å². The molecule has 0 aromatic carbocycles. The van der Waals surface area contributed by atoms with Gasteiger partial charge in [0, 0.05) is 14.1 Å². The lowest BCUT2D eigenvalue weighted by Gasteiger charge is -2.02. The number of rotatable bonds is 2. The highest BCUT2D eigenvalue weighted by Gasteiger charge is 2.15. The molecule has 0 aliphatic heterocycles. The van der Waals surface area contributed by atoms with E-state index in [1.165, 1.54) is 0 Å². The summed E-state index contributed by atoms with van der Waals surface area (Å²) in [7, 11) is 3.53. The molecule has 0 saturated heterocycles. The summed E-state index contributed by atoms with van der Waals surface area (Å²) in [5.74, 6) is 1.02. The van der Waals surface area contributed by atoms with Crippen LogP contribution in [0.5, 0.6) is 11.6 Å². The Morgan fingerprint density at radius 3 is 2.75 bits per heavy atom. The van der Waals surface area contributed by atoms with Crippen molar-refractivity contribution in [2.75, 3.05) is 0 Å². The second-order valence-electron chi connectivity index (χ2n) is 3.45. The Labute approximate surface area is 92.7 Å². The molecule has 2 rings (SSSR count). The normalized spacial score (nSPS) is 10.1. The van der Waals surface area contributed by atoms with Gasteiger partial charge >= 0.3 is 0 Å². The third kappa shape index (κ3) is 1.63. The Morgan fingerprint density at radius 2 is 2.19 bits per heavy atom. The predicted octanol–water partition coefficient (Wildman–Crippen LogP) is 1.13. The van der Waals surface area contributed by atoms with E-state index in [-0.39, 0.29) is 0 Å². The van der Waals surface area contributed by atoms with Crippen molar-refractivity contribution >= 4 is 0 Å². The molecule has 82 valence electrons. The SMILES string of the molecule is Cc1nn(C)c(Oc2cnn(C)c2)c1C#N. The van der Waals surface area contributed by atoms with Crippen LogP contribution in [-0.4, -0.2) is 19.6 Å². The lowest BCUT2D eigenvalue weighted by Crippen LogP contribution is -1.95. The fourth-order valence-electron chi connectivity index (χ4n) is 1.45. The Hall–Kier alpha value is -2.29. The lowest BCUT2D eigenvalue weighted by atomic mass is 10.3. The van der Waals surface area contributed by atoms with Crippen LogP contribution in [0.3, 0.4) is 0 Å². The Balaban J connectivity index is 2.38. The monoisotopic (exact) mass is 217 g/mol. The van der Waals surface area contributed by atoms with Gasteiger partial charge in [-0.15, -0.1) is 0 Å². The number of hydrogen-bond acceptors (Lipinski definition) is 4. The van der Waals surface area contributed by atoms with Gasteiger partial charge in [0.25, 0.3) is 0 Å². The molecule has 2 aromatic heterocycles. The summed E-state index contributed by atoms with van der Waals surface area (Å²) in [5, 5.41) is 17.1. The van der Waals surface area contributed by atoms with E-state index < -0.39 is 0 Å². The van der Waals surface area contributed by atoms with E-state index in [1.807, 2.05) is 0 Å². The van der Waals surface area contributed by atoms with E-state index in [1.54, 1.807) is 42.8 Å². The molecule has 16 heavy (non-hydrogen) atoms. The fraction of sp³-hybridized carbons (Fsp3) is 0.300. The van der Waals surface area contributed by atoms with Crippen LogP contribution in [0.1, 0.15) is 11.3 Å². The van der Waals surface area contributed by atoms with Gasteiger partial charge in [-0.2, -0.15) is 15.5 Å². The third-order valence-electron chi connectivity index (χ3n) is 2.18. The minimum atomic E-state index is 0.438. The van der Waals surface area contributed by atoms with Gasteiger partial charge in [-0.3, -0.25) is 4.68 Å². The molecule has 0 aliphatic carbocycles. The van der Waals surface area contributed by atoms with Gasteiger partial charge in [0.05, 0.1) is 18.1 Å². The molecule has 0 unspecified atom stereocenters. The first kappa shape index (κ1) is 10.2. The van der Waals surface area contributed by atoms with Crippen LogP contribution in [0.15, 0.2) is 12.4 Å². The molecule has 0 N–H and O–H groups in total. The summed E-state index contributed by atoms with van der Waals surface area (Å²) in [4.78, 5) is 0. The Bertz CT molecular complexity index is 560. The zero-order chi connectivity index (χ0) is 11.7. The van der Waals surface area contributed by atoms with Crippen LogP contribution in [0.2, 0.25) is 0 Å².